The van der Waals surface area contributed by atoms with E-state index in [-0.39, 0.29) is 43.5 Å². The molecule has 2 nitrogen and oxygen atoms in total. The molecule has 0 aliphatic carbocycles. The fourth-order valence-corrected chi connectivity index (χ4v) is 2.21. The Bertz CT molecular complexity index is 614. The van der Waals surface area contributed by atoms with E-state index in [1.165, 1.54) is 17.0 Å². The van der Waals surface area contributed by atoms with Gasteiger partial charge in [-0.05, 0) is 22.9 Å². The van der Waals surface area contributed by atoms with Crippen LogP contribution >= 0.6 is 11.6 Å². The molecule has 21 heavy (non-hydrogen) atoms. The van der Waals surface area contributed by atoms with E-state index in [4.69, 9.17) is 11.6 Å². The average molecular weight is 386 g/mol. The van der Waals surface area contributed by atoms with E-state index in [1.807, 2.05) is 0 Å². The number of aromatic hydroxyl groups is 1. The standard InChI is InChI=1S/C15H13ClF2NO.Y/c1-9-3-6-14(19(10(9)2)8-15(17)18)12-5-4-11(20)7-13(12)16;/h3-5,7,15,20H,2,8H2,1H3;/q-1;. The third-order valence-corrected chi connectivity index (χ3v) is 3.32. The number of nitrogens with zero attached hydrogens (tertiary/aromatic N) is 1. The van der Waals surface area contributed by atoms with Crippen LogP contribution < -0.4 is 0 Å². The molecule has 2 rings (SSSR count). The van der Waals surface area contributed by atoms with E-state index in [0.717, 1.165) is 5.57 Å². The van der Waals surface area contributed by atoms with Crippen molar-refractivity contribution in [1.29, 1.82) is 0 Å². The Morgan fingerprint density at radius 1 is 1.43 bits per heavy atom. The number of alkyl halides is 2. The summed E-state index contributed by atoms with van der Waals surface area (Å²) in [4.78, 5) is 1.39. The van der Waals surface area contributed by atoms with Gasteiger partial charge in [0.15, 0.2) is 0 Å². The van der Waals surface area contributed by atoms with Crippen molar-refractivity contribution in [2.24, 2.45) is 0 Å². The second-order valence-electron chi connectivity index (χ2n) is 4.43. The first-order valence-corrected chi connectivity index (χ1v) is 6.32. The van der Waals surface area contributed by atoms with E-state index >= 15 is 0 Å². The van der Waals surface area contributed by atoms with E-state index in [0.29, 0.717) is 17.0 Å². The number of benzene rings is 1. The van der Waals surface area contributed by atoms with Gasteiger partial charge < -0.3 is 10.0 Å². The molecule has 0 bridgehead atoms. The second-order valence-corrected chi connectivity index (χ2v) is 4.84. The Morgan fingerprint density at radius 2 is 2.10 bits per heavy atom. The Labute approximate surface area is 152 Å². The number of allylic oxidation sites excluding steroid dienone is 3. The van der Waals surface area contributed by atoms with E-state index in [9.17, 15) is 13.9 Å². The van der Waals surface area contributed by atoms with E-state index in [2.05, 4.69) is 12.7 Å². The van der Waals surface area contributed by atoms with Crippen molar-refractivity contribution >= 4 is 17.3 Å². The van der Waals surface area contributed by atoms with Gasteiger partial charge in [0, 0.05) is 32.7 Å². The predicted molar refractivity (Wildman–Crippen MR) is 75.4 cm³/mol. The quantitative estimate of drug-likeness (QED) is 0.787. The summed E-state index contributed by atoms with van der Waals surface area (Å²) >= 11 is 6.06. The van der Waals surface area contributed by atoms with Gasteiger partial charge in [-0.2, -0.15) is 12.2 Å². The van der Waals surface area contributed by atoms with Crippen LogP contribution in [0.25, 0.3) is 5.70 Å². The fourth-order valence-electron chi connectivity index (χ4n) is 1.94. The summed E-state index contributed by atoms with van der Waals surface area (Å²) in [5.41, 5.74) is 2.20. The summed E-state index contributed by atoms with van der Waals surface area (Å²) in [6.07, 6.45) is 2.13. The normalized spacial score (nSPS) is 14.7. The van der Waals surface area contributed by atoms with E-state index < -0.39 is 13.0 Å². The van der Waals surface area contributed by atoms with Gasteiger partial charge in [-0.25, -0.2) is 8.78 Å². The summed E-state index contributed by atoms with van der Waals surface area (Å²) in [5.74, 6) is 0.0149. The minimum absolute atomic E-state index is 0. The number of hydrogen-bond acceptors (Lipinski definition) is 2. The molecule has 6 heteroatoms. The number of halogens is 3. The molecule has 1 heterocycles. The zero-order valence-corrected chi connectivity index (χ0v) is 15.0. The van der Waals surface area contributed by atoms with Gasteiger partial charge in [-0.1, -0.05) is 36.4 Å². The molecule has 1 aromatic rings. The summed E-state index contributed by atoms with van der Waals surface area (Å²) in [5, 5.41) is 9.63. The zero-order valence-electron chi connectivity index (χ0n) is 11.4. The Kier molecular flexibility index (Phi) is 6.57. The summed E-state index contributed by atoms with van der Waals surface area (Å²) in [6.45, 7) is 5.12. The van der Waals surface area contributed by atoms with E-state index in [1.54, 1.807) is 19.1 Å². The molecule has 1 aliphatic heterocycles. The minimum atomic E-state index is -2.51. The largest absolute Gasteiger partial charge is 0.508 e. The van der Waals surface area contributed by atoms with Crippen LogP contribution in [0.15, 0.2) is 42.1 Å². The van der Waals surface area contributed by atoms with Crippen molar-refractivity contribution in [2.45, 2.75) is 13.3 Å². The first kappa shape index (κ1) is 18.3. The maximum atomic E-state index is 12.8. The van der Waals surface area contributed by atoms with Gasteiger partial charge in [-0.3, -0.25) is 0 Å². The van der Waals surface area contributed by atoms with Crippen LogP contribution in [0, 0.1) is 6.08 Å². The SMILES string of the molecule is C=C1C(C)=C[C-]=C(c2ccc(O)cc2Cl)N1CC(F)F.[Y]. The molecular formula is C15H13ClF2NOY-. The molecule has 0 saturated carbocycles. The molecule has 1 N–H and O–H groups in total. The second kappa shape index (κ2) is 7.52. The van der Waals surface area contributed by atoms with Crippen LogP contribution in [0.2, 0.25) is 5.02 Å². The van der Waals surface area contributed by atoms with Crippen molar-refractivity contribution in [3.63, 3.8) is 0 Å². The number of phenolic OH excluding ortho intramolecular Hbond substituents is 1. The molecule has 1 aliphatic rings. The third kappa shape index (κ3) is 4.15. The Hall–Kier alpha value is -0.706. The minimum Gasteiger partial charge on any atom is -0.508 e. The van der Waals surface area contributed by atoms with Gasteiger partial charge in [-0.15, -0.1) is 11.6 Å². The third-order valence-electron chi connectivity index (χ3n) is 3.00. The monoisotopic (exact) mass is 385 g/mol. The molecule has 0 amide bonds. The fraction of sp³-hybridized carbons (Fsp3) is 0.200. The van der Waals surface area contributed by atoms with Crippen molar-refractivity contribution in [2.75, 3.05) is 6.54 Å². The van der Waals surface area contributed by atoms with Gasteiger partial charge in [0.25, 0.3) is 6.43 Å². The topological polar surface area (TPSA) is 23.5 Å². The van der Waals surface area contributed by atoms with Crippen LogP contribution in [0.1, 0.15) is 12.5 Å². The number of phenols is 1. The van der Waals surface area contributed by atoms with Crippen molar-refractivity contribution < 1.29 is 46.6 Å². The maximum absolute atomic E-state index is 12.8. The van der Waals surface area contributed by atoms with Crippen LogP contribution in [0.3, 0.4) is 0 Å². The molecule has 1 aromatic carbocycles. The molecule has 1 radical (unpaired) electrons. The zero-order chi connectivity index (χ0) is 14.9. The van der Waals surface area contributed by atoms with Gasteiger partial charge in [0.05, 0.1) is 6.54 Å². The molecule has 0 spiro atoms. The molecule has 109 valence electrons. The smallest absolute Gasteiger partial charge is 0.256 e. The van der Waals surface area contributed by atoms with Gasteiger partial charge >= 0.3 is 0 Å². The molecular weight excluding hydrogens is 373 g/mol. The van der Waals surface area contributed by atoms with Crippen molar-refractivity contribution in [1.82, 2.24) is 4.90 Å². The summed E-state index contributed by atoms with van der Waals surface area (Å²) in [6, 6.07) is 4.38. The van der Waals surface area contributed by atoms with Crippen molar-refractivity contribution in [3.05, 3.63) is 58.8 Å². The molecule has 0 fully saturated rings. The van der Waals surface area contributed by atoms with Gasteiger partial charge in [0.2, 0.25) is 0 Å². The predicted octanol–water partition coefficient (Wildman–Crippen LogP) is 4.23. The Morgan fingerprint density at radius 3 is 2.67 bits per heavy atom. The summed E-state index contributed by atoms with van der Waals surface area (Å²) in [7, 11) is 0. The molecule has 0 atom stereocenters. The van der Waals surface area contributed by atoms with Crippen LogP contribution in [-0.2, 0) is 32.7 Å². The molecule has 0 unspecified atom stereocenters. The van der Waals surface area contributed by atoms with Crippen LogP contribution in [0.5, 0.6) is 5.75 Å². The van der Waals surface area contributed by atoms with Crippen LogP contribution in [0.4, 0.5) is 8.78 Å². The van der Waals surface area contributed by atoms with Crippen molar-refractivity contribution in [3.8, 4) is 5.75 Å². The maximum Gasteiger partial charge on any atom is 0.256 e. The first-order valence-electron chi connectivity index (χ1n) is 5.94. The average Bonchev–Trinajstić information content (AvgIpc) is 2.36. The molecule has 0 saturated heterocycles. The first-order chi connectivity index (χ1) is 9.40. The van der Waals surface area contributed by atoms with Crippen LogP contribution in [-0.4, -0.2) is 23.0 Å². The molecule has 0 aromatic heterocycles. The number of hydrogen-bond donors (Lipinski definition) is 1. The summed E-state index contributed by atoms with van der Waals surface area (Å²) < 4.78 is 25.5. The Balaban J connectivity index is 0.00000220. The number of rotatable bonds is 3. The van der Waals surface area contributed by atoms with Gasteiger partial charge in [0.1, 0.15) is 5.75 Å².